The van der Waals surface area contributed by atoms with Crippen LogP contribution in [0.1, 0.15) is 30.1 Å². The Hall–Kier alpha value is -1.30. The number of aromatic nitrogens is 2. The lowest BCUT2D eigenvalue weighted by Crippen LogP contribution is -2.14. The molecule has 0 bridgehead atoms. The number of hydrogen-bond donors (Lipinski definition) is 2. The predicted octanol–water partition coefficient (Wildman–Crippen LogP) is 1.28. The summed E-state index contributed by atoms with van der Waals surface area (Å²) in [5.41, 5.74) is 6.13. The van der Waals surface area contributed by atoms with Gasteiger partial charge >= 0.3 is 0 Å². The molecule has 0 aromatic carbocycles. The van der Waals surface area contributed by atoms with Gasteiger partial charge in [0.05, 0.1) is 5.75 Å². The molecule has 1 aromatic heterocycles. The lowest BCUT2D eigenvalue weighted by atomic mass is 10.3. The van der Waals surface area contributed by atoms with E-state index in [0.29, 0.717) is 5.92 Å². The number of thioether (sulfide) groups is 1. The largest absolute Gasteiger partial charge is 0.373 e. The summed E-state index contributed by atoms with van der Waals surface area (Å²) in [6.07, 6.45) is 2.32. The summed E-state index contributed by atoms with van der Waals surface area (Å²) in [6, 6.07) is 0. The van der Waals surface area contributed by atoms with Gasteiger partial charge in [-0.05, 0) is 19.8 Å². The molecule has 2 rings (SSSR count). The second-order valence-electron chi connectivity index (χ2n) is 4.14. The minimum Gasteiger partial charge on any atom is -0.373 e. The average molecular weight is 252 g/mol. The van der Waals surface area contributed by atoms with Crippen molar-refractivity contribution in [3.63, 3.8) is 0 Å². The molecule has 1 aliphatic carbocycles. The van der Waals surface area contributed by atoms with Crippen LogP contribution in [0.4, 0.5) is 5.82 Å². The van der Waals surface area contributed by atoms with E-state index in [1.165, 1.54) is 11.8 Å². The number of carbonyl (C=O) groups is 1. The molecule has 0 unspecified atom stereocenters. The van der Waals surface area contributed by atoms with Crippen molar-refractivity contribution >= 4 is 23.5 Å². The first kappa shape index (κ1) is 12.2. The van der Waals surface area contributed by atoms with Gasteiger partial charge in [0, 0.05) is 18.5 Å². The van der Waals surface area contributed by atoms with Gasteiger partial charge in [-0.3, -0.25) is 4.79 Å². The number of nitrogens with two attached hydrogens (primary N) is 1. The molecular weight excluding hydrogens is 236 g/mol. The lowest BCUT2D eigenvalue weighted by Gasteiger charge is -2.10. The zero-order valence-corrected chi connectivity index (χ0v) is 10.8. The van der Waals surface area contributed by atoms with Gasteiger partial charge in [0.2, 0.25) is 5.91 Å². The molecule has 1 heterocycles. The van der Waals surface area contributed by atoms with E-state index in [0.717, 1.165) is 35.1 Å². The van der Waals surface area contributed by atoms with Crippen molar-refractivity contribution in [3.8, 4) is 0 Å². The van der Waals surface area contributed by atoms with Crippen molar-refractivity contribution in [1.82, 2.24) is 9.97 Å². The van der Waals surface area contributed by atoms with Gasteiger partial charge in [-0.2, -0.15) is 0 Å². The fourth-order valence-corrected chi connectivity index (χ4v) is 2.31. The first-order valence-electron chi connectivity index (χ1n) is 5.59. The highest BCUT2D eigenvalue weighted by Crippen LogP contribution is 2.39. The van der Waals surface area contributed by atoms with Crippen molar-refractivity contribution in [1.29, 1.82) is 0 Å². The third kappa shape index (κ3) is 2.88. The number of primary amides is 1. The maximum Gasteiger partial charge on any atom is 0.227 e. The van der Waals surface area contributed by atoms with E-state index in [1.807, 2.05) is 14.0 Å². The minimum atomic E-state index is -0.327. The maximum atomic E-state index is 10.8. The molecule has 1 fully saturated rings. The first-order chi connectivity index (χ1) is 8.11. The Bertz CT molecular complexity index is 445. The van der Waals surface area contributed by atoms with Crippen LogP contribution < -0.4 is 11.1 Å². The zero-order chi connectivity index (χ0) is 12.4. The number of anilines is 1. The molecule has 3 N–H and O–H groups in total. The second kappa shape index (κ2) is 4.91. The van der Waals surface area contributed by atoms with E-state index >= 15 is 0 Å². The fraction of sp³-hybridized carbons (Fsp3) is 0.545. The van der Waals surface area contributed by atoms with Crippen molar-refractivity contribution in [3.05, 3.63) is 11.4 Å². The van der Waals surface area contributed by atoms with Crippen LogP contribution in [0.5, 0.6) is 0 Å². The van der Waals surface area contributed by atoms with Crippen LogP contribution in [-0.2, 0) is 4.79 Å². The number of carbonyl (C=O) groups excluding carboxylic acids is 1. The Morgan fingerprint density at radius 1 is 1.53 bits per heavy atom. The SMILES string of the molecule is CNc1nc(C2CC2)nc(SCC(N)=O)c1C. The number of rotatable bonds is 5. The molecule has 92 valence electrons. The van der Waals surface area contributed by atoms with Crippen LogP contribution >= 0.6 is 11.8 Å². The van der Waals surface area contributed by atoms with Crippen molar-refractivity contribution in [2.45, 2.75) is 30.7 Å². The first-order valence-corrected chi connectivity index (χ1v) is 6.57. The van der Waals surface area contributed by atoms with Gasteiger partial charge in [-0.15, -0.1) is 0 Å². The van der Waals surface area contributed by atoms with Crippen molar-refractivity contribution < 1.29 is 4.79 Å². The molecule has 1 aromatic rings. The van der Waals surface area contributed by atoms with E-state index in [1.54, 1.807) is 0 Å². The normalized spacial score (nSPS) is 14.7. The van der Waals surface area contributed by atoms with Crippen molar-refractivity contribution in [2.24, 2.45) is 5.73 Å². The summed E-state index contributed by atoms with van der Waals surface area (Å²) in [6.45, 7) is 1.95. The smallest absolute Gasteiger partial charge is 0.227 e. The topological polar surface area (TPSA) is 80.9 Å². The van der Waals surface area contributed by atoms with E-state index in [2.05, 4.69) is 15.3 Å². The Morgan fingerprint density at radius 2 is 2.24 bits per heavy atom. The molecule has 17 heavy (non-hydrogen) atoms. The Balaban J connectivity index is 2.27. The highest BCUT2D eigenvalue weighted by Gasteiger charge is 2.28. The average Bonchev–Trinajstić information content (AvgIpc) is 3.11. The lowest BCUT2D eigenvalue weighted by molar-refractivity contribution is -0.115. The third-order valence-electron chi connectivity index (χ3n) is 2.65. The minimum absolute atomic E-state index is 0.255. The third-order valence-corrected chi connectivity index (χ3v) is 3.75. The summed E-state index contributed by atoms with van der Waals surface area (Å²) in [7, 11) is 1.84. The second-order valence-corrected chi connectivity index (χ2v) is 5.10. The number of amides is 1. The quantitative estimate of drug-likeness (QED) is 0.609. The standard InChI is InChI=1S/C11H16N4OS/c1-6-9(13-2)14-10(7-3-4-7)15-11(6)17-5-8(12)16/h7H,3-5H2,1-2H3,(H2,12,16)(H,13,14,15). The molecule has 1 saturated carbocycles. The Labute approximate surface area is 105 Å². The summed E-state index contributed by atoms with van der Waals surface area (Å²) < 4.78 is 0. The molecule has 1 amide bonds. The highest BCUT2D eigenvalue weighted by atomic mass is 32.2. The number of nitrogens with zero attached hydrogens (tertiary/aromatic N) is 2. The van der Waals surface area contributed by atoms with Gasteiger partial charge in [-0.1, -0.05) is 11.8 Å². The van der Waals surface area contributed by atoms with Gasteiger partial charge in [-0.25, -0.2) is 9.97 Å². The van der Waals surface area contributed by atoms with Gasteiger partial charge < -0.3 is 11.1 Å². The Morgan fingerprint density at radius 3 is 2.76 bits per heavy atom. The van der Waals surface area contributed by atoms with E-state index in [9.17, 15) is 4.79 Å². The summed E-state index contributed by atoms with van der Waals surface area (Å²) in [5.74, 6) is 2.15. The Kier molecular flexibility index (Phi) is 3.51. The van der Waals surface area contributed by atoms with Gasteiger partial charge in [0.1, 0.15) is 16.7 Å². The zero-order valence-electron chi connectivity index (χ0n) is 9.99. The molecule has 1 aliphatic rings. The van der Waals surface area contributed by atoms with E-state index < -0.39 is 0 Å². The predicted molar refractivity (Wildman–Crippen MR) is 68.2 cm³/mol. The van der Waals surface area contributed by atoms with Gasteiger partial charge in [0.25, 0.3) is 0 Å². The summed E-state index contributed by atoms with van der Waals surface area (Å²) >= 11 is 1.38. The van der Waals surface area contributed by atoms with Crippen molar-refractivity contribution in [2.75, 3.05) is 18.1 Å². The van der Waals surface area contributed by atoms with Crippen LogP contribution in [-0.4, -0.2) is 28.7 Å². The number of hydrogen-bond acceptors (Lipinski definition) is 5. The summed E-state index contributed by atoms with van der Waals surface area (Å²) in [4.78, 5) is 19.8. The van der Waals surface area contributed by atoms with E-state index in [4.69, 9.17) is 5.73 Å². The number of nitrogens with one attached hydrogen (secondary N) is 1. The van der Waals surface area contributed by atoms with Crippen LogP contribution in [0.2, 0.25) is 0 Å². The summed E-state index contributed by atoms with van der Waals surface area (Å²) in [5, 5.41) is 3.92. The highest BCUT2D eigenvalue weighted by molar-refractivity contribution is 7.99. The molecule has 5 nitrogen and oxygen atoms in total. The molecule has 0 radical (unpaired) electrons. The van der Waals surface area contributed by atoms with Crippen LogP contribution in [0, 0.1) is 6.92 Å². The fourth-order valence-electron chi connectivity index (χ4n) is 1.56. The molecule has 0 atom stereocenters. The van der Waals surface area contributed by atoms with Crippen LogP contribution in [0.15, 0.2) is 5.03 Å². The van der Waals surface area contributed by atoms with Gasteiger partial charge in [0.15, 0.2) is 0 Å². The molecule has 0 spiro atoms. The van der Waals surface area contributed by atoms with E-state index in [-0.39, 0.29) is 11.7 Å². The van der Waals surface area contributed by atoms with Crippen LogP contribution in [0.3, 0.4) is 0 Å². The maximum absolute atomic E-state index is 10.8. The monoisotopic (exact) mass is 252 g/mol. The molecule has 6 heteroatoms. The van der Waals surface area contributed by atoms with Crippen LogP contribution in [0.25, 0.3) is 0 Å². The molecule has 0 saturated heterocycles. The molecule has 0 aliphatic heterocycles. The molecular formula is C11H16N4OS.